The molecule has 3 rings (SSSR count). The van der Waals surface area contributed by atoms with Crippen molar-refractivity contribution in [2.45, 2.75) is 44.9 Å². The third-order valence-electron chi connectivity index (χ3n) is 5.34. The fourth-order valence-corrected chi connectivity index (χ4v) is 3.84. The molecule has 0 radical (unpaired) electrons. The Balaban J connectivity index is 2.11. The summed E-state index contributed by atoms with van der Waals surface area (Å²) in [6.07, 6.45) is -8.82. The molecule has 0 saturated heterocycles. The summed E-state index contributed by atoms with van der Waals surface area (Å²) >= 11 is 6.26. The topological polar surface area (TPSA) is 53.4 Å². The van der Waals surface area contributed by atoms with E-state index in [1.807, 2.05) is 0 Å². The molecule has 198 valence electrons. The maximum absolute atomic E-state index is 13.4. The van der Waals surface area contributed by atoms with Gasteiger partial charge in [-0.1, -0.05) is 23.7 Å². The molecule has 12 heteroatoms. The molecule has 0 aliphatic rings. The number of benzene rings is 2. The summed E-state index contributed by atoms with van der Waals surface area (Å²) in [6, 6.07) is 7.70. The van der Waals surface area contributed by atoms with Crippen molar-refractivity contribution >= 4 is 17.5 Å². The van der Waals surface area contributed by atoms with Gasteiger partial charge < -0.3 is 10.0 Å². The van der Waals surface area contributed by atoms with Crippen LogP contribution in [0.25, 0.3) is 11.1 Å². The van der Waals surface area contributed by atoms with Crippen LogP contribution < -0.4 is 0 Å². The first-order valence-corrected chi connectivity index (χ1v) is 11.0. The number of carbonyl (C=O) groups excluding carboxylic acids is 1. The van der Waals surface area contributed by atoms with Crippen molar-refractivity contribution in [3.05, 3.63) is 88.0 Å². The first kappa shape index (κ1) is 28.4. The third kappa shape index (κ3) is 6.98. The highest BCUT2D eigenvalue weighted by Gasteiger charge is 2.38. The highest BCUT2D eigenvalue weighted by Crippen LogP contribution is 2.37. The van der Waals surface area contributed by atoms with E-state index >= 15 is 0 Å². The Morgan fingerprint density at radius 2 is 1.46 bits per heavy atom. The van der Waals surface area contributed by atoms with Gasteiger partial charge in [0.15, 0.2) is 0 Å². The quantitative estimate of drug-likeness (QED) is 0.270. The van der Waals surface area contributed by atoms with Crippen molar-refractivity contribution in [3.8, 4) is 11.1 Å². The monoisotopic (exact) mass is 548 g/mol. The van der Waals surface area contributed by atoms with Crippen LogP contribution in [-0.2, 0) is 30.2 Å². The van der Waals surface area contributed by atoms with Gasteiger partial charge in [0.1, 0.15) is 16.6 Å². The van der Waals surface area contributed by atoms with Gasteiger partial charge in [0.2, 0.25) is 0 Å². The minimum absolute atomic E-state index is 0.0176. The largest absolute Gasteiger partial charge is 0.416 e. The predicted molar refractivity (Wildman–Crippen MR) is 122 cm³/mol. The molecule has 0 fully saturated rings. The molecule has 0 aliphatic heterocycles. The molecule has 1 N–H and O–H groups in total. The molecule has 2 aromatic carbocycles. The van der Waals surface area contributed by atoms with Crippen LogP contribution in [0.2, 0.25) is 5.15 Å². The second-order valence-corrected chi connectivity index (χ2v) is 9.13. The van der Waals surface area contributed by atoms with E-state index in [0.717, 1.165) is 18.7 Å². The second-order valence-electron chi connectivity index (χ2n) is 8.77. The Morgan fingerprint density at radius 1 is 0.919 bits per heavy atom. The molecule has 3 aromatic rings. The number of halogens is 8. The van der Waals surface area contributed by atoms with Crippen LogP contribution in [0.15, 0.2) is 54.7 Å². The summed E-state index contributed by atoms with van der Waals surface area (Å²) in [5, 5.41) is 10.2. The van der Waals surface area contributed by atoms with Gasteiger partial charge in [0, 0.05) is 24.8 Å². The average Bonchev–Trinajstić information content (AvgIpc) is 2.78. The van der Waals surface area contributed by atoms with Gasteiger partial charge in [0.05, 0.1) is 11.1 Å². The standard InChI is InChI=1S/C25H20ClF7N2O2/c1-23(2,37)22(36)35(12-14-9-16(24(28,29)30)11-17(10-14)25(31,32)33)13-20-19(7-8-34-21(20)26)15-3-5-18(27)6-4-15/h3-11,37H,12-13H2,1-2H3. The highest BCUT2D eigenvalue weighted by molar-refractivity contribution is 6.30. The molecule has 0 aliphatic carbocycles. The maximum atomic E-state index is 13.4. The highest BCUT2D eigenvalue weighted by atomic mass is 35.5. The number of pyridine rings is 1. The van der Waals surface area contributed by atoms with Gasteiger partial charge in [-0.3, -0.25) is 4.79 Å². The number of nitrogens with zero attached hydrogens (tertiary/aromatic N) is 2. The Bertz CT molecular complexity index is 1250. The molecule has 0 bridgehead atoms. The molecular weight excluding hydrogens is 529 g/mol. The van der Waals surface area contributed by atoms with Gasteiger partial charge in [0.25, 0.3) is 5.91 Å². The van der Waals surface area contributed by atoms with E-state index in [0.29, 0.717) is 23.3 Å². The van der Waals surface area contributed by atoms with Crippen molar-refractivity contribution in [1.82, 2.24) is 9.88 Å². The number of aliphatic hydroxyl groups is 1. The zero-order chi connectivity index (χ0) is 27.8. The summed E-state index contributed by atoms with van der Waals surface area (Å²) in [5.41, 5.74) is -4.53. The van der Waals surface area contributed by atoms with E-state index < -0.39 is 59.5 Å². The number of amides is 1. The molecule has 0 unspecified atom stereocenters. The lowest BCUT2D eigenvalue weighted by molar-refractivity contribution is -0.149. The van der Waals surface area contributed by atoms with E-state index in [1.165, 1.54) is 36.5 Å². The summed E-state index contributed by atoms with van der Waals surface area (Å²) in [7, 11) is 0. The molecule has 4 nitrogen and oxygen atoms in total. The Morgan fingerprint density at radius 3 is 1.95 bits per heavy atom. The Kier molecular flexibility index (Phi) is 7.90. The predicted octanol–water partition coefficient (Wildman–Crippen LogP) is 6.88. The van der Waals surface area contributed by atoms with Gasteiger partial charge in [-0.15, -0.1) is 0 Å². The van der Waals surface area contributed by atoms with Gasteiger partial charge in [-0.25, -0.2) is 9.37 Å². The third-order valence-corrected chi connectivity index (χ3v) is 5.66. The summed E-state index contributed by atoms with van der Waals surface area (Å²) in [6.45, 7) is 1.10. The van der Waals surface area contributed by atoms with Gasteiger partial charge in [-0.05, 0) is 66.9 Å². The van der Waals surface area contributed by atoms with Crippen molar-refractivity contribution in [2.24, 2.45) is 0 Å². The SMILES string of the molecule is CC(C)(O)C(=O)N(Cc1cc(C(F)(F)F)cc(C(F)(F)F)c1)Cc1c(-c2ccc(F)cc2)ccnc1Cl. The number of carbonyl (C=O) groups is 1. The van der Waals surface area contributed by atoms with Crippen molar-refractivity contribution in [2.75, 3.05) is 0 Å². The number of alkyl halides is 6. The zero-order valence-corrected chi connectivity index (χ0v) is 20.1. The number of hydrogen-bond donors (Lipinski definition) is 1. The fourth-order valence-electron chi connectivity index (χ4n) is 3.63. The van der Waals surface area contributed by atoms with Crippen LogP contribution in [0.4, 0.5) is 30.7 Å². The van der Waals surface area contributed by atoms with Crippen LogP contribution in [0.5, 0.6) is 0 Å². The van der Waals surface area contributed by atoms with Crippen LogP contribution in [0, 0.1) is 5.82 Å². The number of aromatic nitrogens is 1. The van der Waals surface area contributed by atoms with Crippen LogP contribution in [-0.4, -0.2) is 26.5 Å². The first-order valence-electron chi connectivity index (χ1n) is 10.7. The lowest BCUT2D eigenvalue weighted by atomic mass is 9.99. The molecule has 0 spiro atoms. The molecule has 37 heavy (non-hydrogen) atoms. The van der Waals surface area contributed by atoms with Crippen LogP contribution in [0.3, 0.4) is 0 Å². The molecule has 1 heterocycles. The summed E-state index contributed by atoms with van der Waals surface area (Å²) in [5.74, 6) is -1.50. The first-order chi connectivity index (χ1) is 17.0. The Hall–Kier alpha value is -3.18. The Labute approximate surface area is 212 Å². The van der Waals surface area contributed by atoms with E-state index in [4.69, 9.17) is 11.6 Å². The van der Waals surface area contributed by atoms with Crippen LogP contribution in [0.1, 0.15) is 36.1 Å². The van der Waals surface area contributed by atoms with E-state index in [1.54, 1.807) is 0 Å². The van der Waals surface area contributed by atoms with E-state index in [2.05, 4.69) is 4.98 Å². The lowest BCUT2D eigenvalue weighted by Crippen LogP contribution is -2.44. The molecule has 0 atom stereocenters. The van der Waals surface area contributed by atoms with Crippen molar-refractivity contribution < 1.29 is 40.6 Å². The van der Waals surface area contributed by atoms with Gasteiger partial charge in [-0.2, -0.15) is 26.3 Å². The zero-order valence-electron chi connectivity index (χ0n) is 19.4. The minimum atomic E-state index is -5.08. The molecular formula is C25H20ClF7N2O2. The van der Waals surface area contributed by atoms with Crippen molar-refractivity contribution in [1.29, 1.82) is 0 Å². The van der Waals surface area contributed by atoms with Crippen LogP contribution >= 0.6 is 11.6 Å². The lowest BCUT2D eigenvalue weighted by Gasteiger charge is -2.30. The average molecular weight is 549 g/mol. The maximum Gasteiger partial charge on any atom is 0.416 e. The minimum Gasteiger partial charge on any atom is -0.381 e. The number of hydrogen-bond acceptors (Lipinski definition) is 3. The number of rotatable bonds is 6. The van der Waals surface area contributed by atoms with Crippen molar-refractivity contribution in [3.63, 3.8) is 0 Å². The van der Waals surface area contributed by atoms with E-state index in [-0.39, 0.29) is 16.8 Å². The van der Waals surface area contributed by atoms with E-state index in [9.17, 15) is 40.6 Å². The summed E-state index contributed by atoms with van der Waals surface area (Å²) < 4.78 is 93.5. The smallest absolute Gasteiger partial charge is 0.381 e. The fraction of sp³-hybridized carbons (Fsp3) is 0.280. The molecule has 0 saturated carbocycles. The second kappa shape index (κ2) is 10.3. The normalized spacial score (nSPS) is 12.5. The molecule has 1 aromatic heterocycles. The summed E-state index contributed by atoms with van der Waals surface area (Å²) in [4.78, 5) is 17.9. The van der Waals surface area contributed by atoms with Gasteiger partial charge >= 0.3 is 12.4 Å². The molecule has 1 amide bonds.